The summed E-state index contributed by atoms with van der Waals surface area (Å²) in [7, 11) is 0. The lowest BCUT2D eigenvalue weighted by Gasteiger charge is -2.28. The van der Waals surface area contributed by atoms with Crippen LogP contribution in [0.1, 0.15) is 20.1 Å². The molecule has 3 heterocycles. The fourth-order valence-corrected chi connectivity index (χ4v) is 2.70. The molecule has 0 unspecified atom stereocenters. The zero-order valence-corrected chi connectivity index (χ0v) is 11.6. The molecule has 0 aromatic carbocycles. The Balaban J connectivity index is 2.13. The summed E-state index contributed by atoms with van der Waals surface area (Å²) in [6.07, 6.45) is 0.437. The smallest absolute Gasteiger partial charge is 0.168 e. The second-order valence-corrected chi connectivity index (χ2v) is 5.65. The molecule has 21 heavy (non-hydrogen) atoms. The zero-order chi connectivity index (χ0) is 15.4. The van der Waals surface area contributed by atoms with E-state index >= 15 is 0 Å². The SMILES string of the molecule is C[C@]1(O)[C@H](n2cnc3c(N)ncnc32)O[C@](C)(CO)[C@H]1O. The Labute approximate surface area is 120 Å². The van der Waals surface area contributed by atoms with Crippen LogP contribution in [0.2, 0.25) is 0 Å². The number of aromatic nitrogens is 4. The number of fused-ring (bicyclic) bond motifs is 1. The minimum absolute atomic E-state index is 0.210. The third-order valence-electron chi connectivity index (χ3n) is 3.97. The van der Waals surface area contributed by atoms with Crippen LogP contribution in [0.3, 0.4) is 0 Å². The highest BCUT2D eigenvalue weighted by molar-refractivity contribution is 5.81. The summed E-state index contributed by atoms with van der Waals surface area (Å²) in [5.41, 5.74) is 3.56. The monoisotopic (exact) mass is 295 g/mol. The molecule has 0 amide bonds. The van der Waals surface area contributed by atoms with E-state index in [4.69, 9.17) is 10.5 Å². The van der Waals surface area contributed by atoms with Crippen LogP contribution >= 0.6 is 0 Å². The molecule has 0 radical (unpaired) electrons. The molecular formula is C12H17N5O4. The van der Waals surface area contributed by atoms with E-state index in [0.29, 0.717) is 11.2 Å². The highest BCUT2D eigenvalue weighted by atomic mass is 16.6. The summed E-state index contributed by atoms with van der Waals surface area (Å²) in [4.78, 5) is 12.0. The molecule has 0 spiro atoms. The molecule has 9 heteroatoms. The van der Waals surface area contributed by atoms with E-state index in [1.807, 2.05) is 0 Å². The van der Waals surface area contributed by atoms with Crippen molar-refractivity contribution in [2.45, 2.75) is 37.4 Å². The van der Waals surface area contributed by atoms with Crippen molar-refractivity contribution in [3.63, 3.8) is 0 Å². The minimum Gasteiger partial charge on any atom is -0.393 e. The van der Waals surface area contributed by atoms with Crippen molar-refractivity contribution >= 4 is 17.0 Å². The summed E-state index contributed by atoms with van der Waals surface area (Å²) in [6.45, 7) is 2.51. The number of nitrogen functional groups attached to an aromatic ring is 1. The number of hydrogen-bond acceptors (Lipinski definition) is 8. The molecule has 114 valence electrons. The number of nitrogens with two attached hydrogens (primary N) is 1. The van der Waals surface area contributed by atoms with Gasteiger partial charge in [0.2, 0.25) is 0 Å². The van der Waals surface area contributed by atoms with E-state index in [1.54, 1.807) is 0 Å². The molecule has 2 aromatic heterocycles. The van der Waals surface area contributed by atoms with E-state index in [2.05, 4.69) is 15.0 Å². The second kappa shape index (κ2) is 4.34. The predicted octanol–water partition coefficient (Wildman–Crippen LogP) is -1.20. The van der Waals surface area contributed by atoms with Gasteiger partial charge in [0, 0.05) is 0 Å². The van der Waals surface area contributed by atoms with Gasteiger partial charge in [-0.3, -0.25) is 4.57 Å². The Morgan fingerprint density at radius 1 is 1.38 bits per heavy atom. The Bertz CT molecular complexity index is 687. The maximum atomic E-state index is 10.6. The van der Waals surface area contributed by atoms with Crippen LogP contribution in [0.5, 0.6) is 0 Å². The van der Waals surface area contributed by atoms with Crippen LogP contribution in [0.15, 0.2) is 12.7 Å². The number of nitrogens with zero attached hydrogens (tertiary/aromatic N) is 4. The van der Waals surface area contributed by atoms with Gasteiger partial charge in [0.15, 0.2) is 17.7 Å². The number of hydrogen-bond donors (Lipinski definition) is 4. The molecule has 1 saturated heterocycles. The third-order valence-corrected chi connectivity index (χ3v) is 3.97. The molecule has 3 rings (SSSR count). The van der Waals surface area contributed by atoms with Crippen molar-refractivity contribution in [1.82, 2.24) is 19.5 Å². The number of anilines is 1. The van der Waals surface area contributed by atoms with Gasteiger partial charge in [-0.05, 0) is 13.8 Å². The third kappa shape index (κ3) is 1.82. The summed E-state index contributed by atoms with van der Waals surface area (Å²) in [6, 6.07) is 0. The van der Waals surface area contributed by atoms with Crippen molar-refractivity contribution in [2.24, 2.45) is 0 Å². The maximum absolute atomic E-state index is 10.6. The van der Waals surface area contributed by atoms with Crippen LogP contribution in [0.4, 0.5) is 5.82 Å². The van der Waals surface area contributed by atoms with E-state index in [0.717, 1.165) is 0 Å². The summed E-state index contributed by atoms with van der Waals surface area (Å²) >= 11 is 0. The molecule has 4 atom stereocenters. The number of rotatable bonds is 2. The first-order valence-corrected chi connectivity index (χ1v) is 6.43. The average Bonchev–Trinajstić information content (AvgIpc) is 2.94. The van der Waals surface area contributed by atoms with Crippen LogP contribution in [0, 0.1) is 0 Å². The van der Waals surface area contributed by atoms with Gasteiger partial charge in [-0.15, -0.1) is 0 Å². The van der Waals surface area contributed by atoms with Gasteiger partial charge in [0.1, 0.15) is 29.2 Å². The number of imidazole rings is 1. The highest BCUT2D eigenvalue weighted by Gasteiger charge is 2.59. The lowest BCUT2D eigenvalue weighted by Crippen LogP contribution is -2.49. The first-order chi connectivity index (χ1) is 9.81. The molecule has 1 aliphatic rings. The summed E-state index contributed by atoms with van der Waals surface area (Å²) in [5, 5.41) is 30.3. The van der Waals surface area contributed by atoms with Gasteiger partial charge in [0.25, 0.3) is 0 Å². The number of aliphatic hydroxyl groups is 3. The average molecular weight is 295 g/mol. The van der Waals surface area contributed by atoms with E-state index < -0.39 is 30.1 Å². The van der Waals surface area contributed by atoms with Gasteiger partial charge < -0.3 is 25.8 Å². The fraction of sp³-hybridized carbons (Fsp3) is 0.583. The van der Waals surface area contributed by atoms with Crippen molar-refractivity contribution in [3.8, 4) is 0 Å². The molecule has 1 fully saturated rings. The van der Waals surface area contributed by atoms with Crippen molar-refractivity contribution < 1.29 is 20.1 Å². The molecule has 1 aliphatic heterocycles. The molecule has 0 bridgehead atoms. The molecule has 5 N–H and O–H groups in total. The van der Waals surface area contributed by atoms with Gasteiger partial charge in [-0.25, -0.2) is 15.0 Å². The highest BCUT2D eigenvalue weighted by Crippen LogP contribution is 2.44. The predicted molar refractivity (Wildman–Crippen MR) is 72.0 cm³/mol. The first-order valence-electron chi connectivity index (χ1n) is 6.43. The molecule has 0 aliphatic carbocycles. The van der Waals surface area contributed by atoms with E-state index in [9.17, 15) is 15.3 Å². The summed E-state index contributed by atoms with van der Waals surface area (Å²) < 4.78 is 7.16. The Hall–Kier alpha value is -1.81. The van der Waals surface area contributed by atoms with Gasteiger partial charge in [-0.1, -0.05) is 0 Å². The largest absolute Gasteiger partial charge is 0.393 e. The quantitative estimate of drug-likeness (QED) is 0.541. The summed E-state index contributed by atoms with van der Waals surface area (Å²) in [5.74, 6) is 0.210. The van der Waals surface area contributed by atoms with Gasteiger partial charge >= 0.3 is 0 Å². The van der Waals surface area contributed by atoms with Crippen LogP contribution in [-0.4, -0.2) is 58.8 Å². The maximum Gasteiger partial charge on any atom is 0.168 e. The molecule has 9 nitrogen and oxygen atoms in total. The lowest BCUT2D eigenvalue weighted by atomic mass is 9.89. The van der Waals surface area contributed by atoms with Crippen molar-refractivity contribution in [2.75, 3.05) is 12.3 Å². The topological polar surface area (TPSA) is 140 Å². The second-order valence-electron chi connectivity index (χ2n) is 5.65. The molecule has 2 aromatic rings. The Kier molecular flexibility index (Phi) is 2.92. The van der Waals surface area contributed by atoms with Crippen molar-refractivity contribution in [3.05, 3.63) is 12.7 Å². The van der Waals surface area contributed by atoms with E-state index in [1.165, 1.54) is 31.1 Å². The van der Waals surface area contributed by atoms with Crippen molar-refractivity contribution in [1.29, 1.82) is 0 Å². The van der Waals surface area contributed by atoms with Crippen LogP contribution in [0.25, 0.3) is 11.2 Å². The molecular weight excluding hydrogens is 278 g/mol. The van der Waals surface area contributed by atoms with Crippen LogP contribution < -0.4 is 5.73 Å². The standard InChI is InChI=1S/C12H17N5O4/c1-11(3-18)9(19)12(2,20)10(21-11)17-5-16-6-7(13)14-4-15-8(6)17/h4-5,9-10,18-20H,3H2,1-2H3,(H2,13,14,15)/t9-,10-,11-,12-/m1/s1. The normalized spacial score (nSPS) is 36.4. The molecule has 0 saturated carbocycles. The Morgan fingerprint density at radius 3 is 2.71 bits per heavy atom. The van der Waals surface area contributed by atoms with Gasteiger partial charge in [0.05, 0.1) is 12.9 Å². The first kappa shape index (κ1) is 14.1. The lowest BCUT2D eigenvalue weighted by molar-refractivity contribution is -0.119. The van der Waals surface area contributed by atoms with Gasteiger partial charge in [-0.2, -0.15) is 0 Å². The fourth-order valence-electron chi connectivity index (χ4n) is 2.70. The zero-order valence-electron chi connectivity index (χ0n) is 11.6. The number of ether oxygens (including phenoxy) is 1. The van der Waals surface area contributed by atoms with E-state index in [-0.39, 0.29) is 5.82 Å². The number of aliphatic hydroxyl groups excluding tert-OH is 2. The Morgan fingerprint density at radius 2 is 2.10 bits per heavy atom. The minimum atomic E-state index is -1.63. The van der Waals surface area contributed by atoms with Crippen LogP contribution in [-0.2, 0) is 4.74 Å².